The number of benzene rings is 2. The van der Waals surface area contributed by atoms with Crippen molar-refractivity contribution in [3.8, 4) is 0 Å². The van der Waals surface area contributed by atoms with Gasteiger partial charge in [-0.05, 0) is 83.7 Å². The number of nitrogens with one attached hydrogen (secondary N) is 2. The van der Waals surface area contributed by atoms with Crippen LogP contribution in [0.4, 0.5) is 10.1 Å². The molecule has 0 bridgehead atoms. The first-order valence-electron chi connectivity index (χ1n) is 10.4. The van der Waals surface area contributed by atoms with E-state index in [4.69, 9.17) is 0 Å². The van der Waals surface area contributed by atoms with Crippen molar-refractivity contribution in [3.05, 3.63) is 70.1 Å². The van der Waals surface area contributed by atoms with E-state index in [9.17, 15) is 9.18 Å². The Hall–Kier alpha value is -2.44. The van der Waals surface area contributed by atoms with Gasteiger partial charge in [0.2, 0.25) is 0 Å². The number of aromatic amines is 1. The molecule has 1 fully saturated rings. The fourth-order valence-electron chi connectivity index (χ4n) is 4.65. The Balaban J connectivity index is 1.42. The molecule has 154 valence electrons. The molecule has 2 aliphatic heterocycles. The van der Waals surface area contributed by atoms with Crippen LogP contribution in [0.1, 0.15) is 41.6 Å². The minimum atomic E-state index is -0.380. The summed E-state index contributed by atoms with van der Waals surface area (Å²) in [5, 5.41) is 4.06. The second kappa shape index (κ2) is 8.00. The number of carbonyl (C=O) groups excluding carboxylic acids is 1. The maximum atomic E-state index is 13.3. The van der Waals surface area contributed by atoms with Crippen LogP contribution in [-0.4, -0.2) is 34.9 Å². The molecule has 1 aromatic heterocycles. The molecule has 0 aliphatic carbocycles. The summed E-state index contributed by atoms with van der Waals surface area (Å²) in [7, 11) is 0. The summed E-state index contributed by atoms with van der Waals surface area (Å²) < 4.78 is 13.8. The number of fused-ring (bicyclic) bond motifs is 2. The first kappa shape index (κ1) is 19.5. The van der Waals surface area contributed by atoms with Crippen molar-refractivity contribution in [1.29, 1.82) is 0 Å². The maximum absolute atomic E-state index is 13.3. The van der Waals surface area contributed by atoms with Gasteiger partial charge >= 0.3 is 0 Å². The molecule has 0 spiro atoms. The maximum Gasteiger partial charge on any atom is 0.256 e. The minimum Gasteiger partial charge on any atom is -0.361 e. The molecule has 30 heavy (non-hydrogen) atoms. The van der Waals surface area contributed by atoms with E-state index in [0.29, 0.717) is 16.1 Å². The van der Waals surface area contributed by atoms with Gasteiger partial charge in [-0.3, -0.25) is 9.69 Å². The average molecular weight is 468 g/mol. The molecule has 6 heteroatoms. The number of hydrogen-bond donors (Lipinski definition) is 2. The van der Waals surface area contributed by atoms with Gasteiger partial charge in [0.05, 0.1) is 5.56 Å². The van der Waals surface area contributed by atoms with Crippen LogP contribution in [0.5, 0.6) is 0 Å². The van der Waals surface area contributed by atoms with Crippen molar-refractivity contribution in [2.75, 3.05) is 18.4 Å². The largest absolute Gasteiger partial charge is 0.361 e. The highest BCUT2D eigenvalue weighted by molar-refractivity contribution is 9.10. The van der Waals surface area contributed by atoms with Gasteiger partial charge in [-0.25, -0.2) is 4.39 Å². The average Bonchev–Trinajstić information content (AvgIpc) is 3.16. The van der Waals surface area contributed by atoms with Crippen molar-refractivity contribution < 1.29 is 9.18 Å². The van der Waals surface area contributed by atoms with Crippen molar-refractivity contribution in [3.63, 3.8) is 0 Å². The number of anilines is 1. The van der Waals surface area contributed by atoms with E-state index in [0.717, 1.165) is 29.6 Å². The van der Waals surface area contributed by atoms with Gasteiger partial charge < -0.3 is 10.3 Å². The van der Waals surface area contributed by atoms with E-state index in [1.165, 1.54) is 55.1 Å². The molecular weight excluding hydrogens is 445 g/mol. The molecule has 2 N–H and O–H groups in total. The van der Waals surface area contributed by atoms with Crippen LogP contribution < -0.4 is 5.32 Å². The normalized spacial score (nSPS) is 19.4. The standard InChI is InChI=1S/C24H23BrFN3O/c25-22-12-16(26)4-6-19(22)24(30)28-17-5-7-23-20(13-17)21(14-27-23)15-8-10-29-9-2-1-3-18(29)11-15/h4-8,12-14,18,27H,1-3,9-11H2,(H,28,30). The number of halogens is 2. The van der Waals surface area contributed by atoms with Gasteiger partial charge in [0.15, 0.2) is 0 Å². The number of aromatic nitrogens is 1. The number of H-pyrrole nitrogens is 1. The van der Waals surface area contributed by atoms with Crippen LogP contribution in [0.2, 0.25) is 0 Å². The highest BCUT2D eigenvalue weighted by Gasteiger charge is 2.27. The number of carbonyl (C=O) groups is 1. The summed E-state index contributed by atoms with van der Waals surface area (Å²) >= 11 is 3.27. The van der Waals surface area contributed by atoms with Gasteiger partial charge in [0.25, 0.3) is 5.91 Å². The van der Waals surface area contributed by atoms with E-state index in [-0.39, 0.29) is 11.7 Å². The van der Waals surface area contributed by atoms with E-state index < -0.39 is 0 Å². The third-order valence-electron chi connectivity index (χ3n) is 6.24. The lowest BCUT2D eigenvalue weighted by Crippen LogP contribution is -2.41. The molecule has 1 unspecified atom stereocenters. The number of amides is 1. The molecule has 2 aromatic carbocycles. The molecule has 1 amide bonds. The van der Waals surface area contributed by atoms with E-state index in [1.807, 2.05) is 18.2 Å². The molecule has 2 aliphatic rings. The van der Waals surface area contributed by atoms with Crippen LogP contribution in [0.3, 0.4) is 0 Å². The lowest BCUT2D eigenvalue weighted by atomic mass is 9.89. The topological polar surface area (TPSA) is 48.1 Å². The zero-order valence-corrected chi connectivity index (χ0v) is 18.1. The molecule has 3 aromatic rings. The first-order chi connectivity index (χ1) is 14.6. The Labute approximate surface area is 183 Å². The van der Waals surface area contributed by atoms with Crippen molar-refractivity contribution in [2.45, 2.75) is 31.7 Å². The number of nitrogens with zero attached hydrogens (tertiary/aromatic N) is 1. The summed E-state index contributed by atoms with van der Waals surface area (Å²) in [5.41, 5.74) is 4.78. The van der Waals surface area contributed by atoms with E-state index in [2.05, 4.69) is 43.4 Å². The van der Waals surface area contributed by atoms with E-state index >= 15 is 0 Å². The predicted octanol–water partition coefficient (Wildman–Crippen LogP) is 5.96. The molecule has 0 saturated carbocycles. The summed E-state index contributed by atoms with van der Waals surface area (Å²) in [6, 6.07) is 10.6. The Kier molecular flexibility index (Phi) is 5.21. The quantitative estimate of drug-likeness (QED) is 0.498. The third-order valence-corrected chi connectivity index (χ3v) is 6.89. The van der Waals surface area contributed by atoms with Crippen LogP contribution in [0.25, 0.3) is 16.5 Å². The number of piperidine rings is 1. The SMILES string of the molecule is O=C(Nc1ccc2[nH]cc(C3=CCN4CCCCC4C3)c2c1)c1ccc(F)cc1Br. The monoisotopic (exact) mass is 467 g/mol. The third kappa shape index (κ3) is 3.70. The summed E-state index contributed by atoms with van der Waals surface area (Å²) in [4.78, 5) is 18.6. The van der Waals surface area contributed by atoms with Crippen molar-refractivity contribution in [1.82, 2.24) is 9.88 Å². The zero-order valence-electron chi connectivity index (χ0n) is 16.6. The Morgan fingerprint density at radius 1 is 1.20 bits per heavy atom. The minimum absolute atomic E-state index is 0.270. The smallest absolute Gasteiger partial charge is 0.256 e. The summed E-state index contributed by atoms with van der Waals surface area (Å²) in [6.07, 6.45) is 9.40. The van der Waals surface area contributed by atoms with Crippen LogP contribution in [0.15, 0.2) is 53.1 Å². The lowest BCUT2D eigenvalue weighted by Gasteiger charge is -2.38. The summed E-state index contributed by atoms with van der Waals surface area (Å²) in [6.45, 7) is 2.22. The molecule has 4 nitrogen and oxygen atoms in total. The molecular formula is C24H23BrFN3O. The van der Waals surface area contributed by atoms with Crippen molar-refractivity contribution >= 4 is 44.0 Å². The van der Waals surface area contributed by atoms with Gasteiger partial charge in [-0.2, -0.15) is 0 Å². The Morgan fingerprint density at radius 2 is 2.10 bits per heavy atom. The van der Waals surface area contributed by atoms with Crippen LogP contribution >= 0.6 is 15.9 Å². The fraction of sp³-hybridized carbons (Fsp3) is 0.292. The van der Waals surface area contributed by atoms with Crippen LogP contribution in [0, 0.1) is 5.82 Å². The highest BCUT2D eigenvalue weighted by Crippen LogP contribution is 2.35. The second-order valence-electron chi connectivity index (χ2n) is 8.12. The fourth-order valence-corrected chi connectivity index (χ4v) is 5.18. The Morgan fingerprint density at radius 3 is 2.97 bits per heavy atom. The van der Waals surface area contributed by atoms with Gasteiger partial charge in [0.1, 0.15) is 5.82 Å². The lowest BCUT2D eigenvalue weighted by molar-refractivity contribution is 0.102. The zero-order chi connectivity index (χ0) is 20.7. The number of hydrogen-bond acceptors (Lipinski definition) is 2. The molecule has 1 saturated heterocycles. The second-order valence-corrected chi connectivity index (χ2v) is 8.97. The van der Waals surface area contributed by atoms with Gasteiger partial charge in [-0.15, -0.1) is 0 Å². The number of rotatable bonds is 3. The predicted molar refractivity (Wildman–Crippen MR) is 122 cm³/mol. The first-order valence-corrected chi connectivity index (χ1v) is 11.2. The van der Waals surface area contributed by atoms with Gasteiger partial charge in [-0.1, -0.05) is 12.5 Å². The van der Waals surface area contributed by atoms with Crippen LogP contribution in [-0.2, 0) is 0 Å². The van der Waals surface area contributed by atoms with E-state index in [1.54, 1.807) is 0 Å². The highest BCUT2D eigenvalue weighted by atomic mass is 79.9. The van der Waals surface area contributed by atoms with Crippen molar-refractivity contribution in [2.24, 2.45) is 0 Å². The Bertz CT molecular complexity index is 1150. The molecule has 5 rings (SSSR count). The summed E-state index contributed by atoms with van der Waals surface area (Å²) in [5.74, 6) is -0.651. The molecule has 1 atom stereocenters. The molecule has 3 heterocycles. The molecule has 0 radical (unpaired) electrons. The van der Waals surface area contributed by atoms with Gasteiger partial charge in [0, 0.05) is 45.4 Å².